The number of hydrogen-bond donors (Lipinski definition) is 1. The molecule has 0 bridgehead atoms. The van der Waals surface area contributed by atoms with Gasteiger partial charge in [-0.1, -0.05) is 36.4 Å². The van der Waals surface area contributed by atoms with E-state index in [0.29, 0.717) is 5.56 Å². The highest BCUT2D eigenvalue weighted by Gasteiger charge is 2.03. The second-order valence-electron chi connectivity index (χ2n) is 5.42. The molecule has 0 saturated heterocycles. The van der Waals surface area contributed by atoms with Crippen LogP contribution in [0.4, 0.5) is 0 Å². The molecule has 0 amide bonds. The van der Waals surface area contributed by atoms with E-state index < -0.39 is 0 Å². The Bertz CT molecular complexity index is 636. The molecule has 2 aromatic carbocycles. The van der Waals surface area contributed by atoms with E-state index in [1.54, 1.807) is 0 Å². The minimum absolute atomic E-state index is 0. The molecule has 0 aliphatic rings. The standard InChI is InChI=1S/C18H21N3.2ClH/c1-21(2)14-18-9-4-3-8-17(18)13-20-12-16-7-5-6-15(10-16)11-19;;/h3-10,20H,12-14H2,1-2H3;2*1H. The molecule has 0 heterocycles. The number of rotatable bonds is 6. The van der Waals surface area contributed by atoms with Gasteiger partial charge in [0.25, 0.3) is 0 Å². The number of nitrogens with zero attached hydrogens (tertiary/aromatic N) is 2. The summed E-state index contributed by atoms with van der Waals surface area (Å²) in [5, 5.41) is 12.4. The predicted molar refractivity (Wildman–Crippen MR) is 100 cm³/mol. The fourth-order valence-electron chi connectivity index (χ4n) is 2.32. The van der Waals surface area contributed by atoms with Gasteiger partial charge in [0.15, 0.2) is 0 Å². The molecule has 3 nitrogen and oxygen atoms in total. The van der Waals surface area contributed by atoms with Crippen molar-refractivity contribution in [3.8, 4) is 6.07 Å². The molecule has 0 aromatic heterocycles. The van der Waals surface area contributed by atoms with Gasteiger partial charge in [0.05, 0.1) is 11.6 Å². The molecule has 0 radical (unpaired) electrons. The summed E-state index contributed by atoms with van der Waals surface area (Å²) >= 11 is 0. The lowest BCUT2D eigenvalue weighted by molar-refractivity contribution is 0.400. The summed E-state index contributed by atoms with van der Waals surface area (Å²) in [6.45, 7) is 2.55. The van der Waals surface area contributed by atoms with Crippen LogP contribution in [0.1, 0.15) is 22.3 Å². The second kappa shape index (κ2) is 11.0. The molecule has 0 unspecified atom stereocenters. The summed E-state index contributed by atoms with van der Waals surface area (Å²) in [5.41, 5.74) is 4.52. The highest BCUT2D eigenvalue weighted by molar-refractivity contribution is 5.85. The van der Waals surface area contributed by atoms with Crippen LogP contribution in [0.25, 0.3) is 0 Å². The van der Waals surface area contributed by atoms with E-state index in [1.807, 2.05) is 24.3 Å². The smallest absolute Gasteiger partial charge is 0.0991 e. The van der Waals surface area contributed by atoms with E-state index in [2.05, 4.69) is 54.6 Å². The van der Waals surface area contributed by atoms with Crippen LogP contribution in [-0.4, -0.2) is 19.0 Å². The lowest BCUT2D eigenvalue weighted by Crippen LogP contribution is -2.17. The van der Waals surface area contributed by atoms with Crippen LogP contribution >= 0.6 is 24.8 Å². The van der Waals surface area contributed by atoms with Crippen LogP contribution in [0.15, 0.2) is 48.5 Å². The number of hydrogen-bond acceptors (Lipinski definition) is 3. The van der Waals surface area contributed by atoms with Crippen molar-refractivity contribution in [2.75, 3.05) is 14.1 Å². The predicted octanol–water partition coefficient (Wildman–Crippen LogP) is 3.75. The van der Waals surface area contributed by atoms with Crippen LogP contribution in [0.3, 0.4) is 0 Å². The van der Waals surface area contributed by atoms with Crippen molar-refractivity contribution >= 4 is 24.8 Å². The van der Waals surface area contributed by atoms with Gasteiger partial charge in [-0.25, -0.2) is 0 Å². The Morgan fingerprint density at radius 2 is 1.65 bits per heavy atom. The molecular formula is C18H23Cl2N3. The molecule has 5 heteroatoms. The van der Waals surface area contributed by atoms with Gasteiger partial charge in [-0.3, -0.25) is 0 Å². The molecule has 0 atom stereocenters. The van der Waals surface area contributed by atoms with Crippen LogP contribution < -0.4 is 5.32 Å². The maximum absolute atomic E-state index is 8.91. The first-order chi connectivity index (χ1) is 10.2. The third kappa shape index (κ3) is 7.02. The molecule has 124 valence electrons. The first kappa shape index (κ1) is 21.4. The zero-order valence-corrected chi connectivity index (χ0v) is 15.1. The Morgan fingerprint density at radius 1 is 0.957 bits per heavy atom. The fraction of sp³-hybridized carbons (Fsp3) is 0.278. The van der Waals surface area contributed by atoms with E-state index in [1.165, 1.54) is 11.1 Å². The Morgan fingerprint density at radius 3 is 2.30 bits per heavy atom. The Labute approximate surface area is 151 Å². The van der Waals surface area contributed by atoms with Crippen molar-refractivity contribution < 1.29 is 0 Å². The van der Waals surface area contributed by atoms with Crippen molar-refractivity contribution in [1.29, 1.82) is 5.26 Å². The largest absolute Gasteiger partial charge is 0.309 e. The molecule has 2 rings (SSSR count). The van der Waals surface area contributed by atoms with Gasteiger partial charge in [-0.15, -0.1) is 24.8 Å². The summed E-state index contributed by atoms with van der Waals surface area (Å²) in [6.07, 6.45) is 0. The normalized spacial score (nSPS) is 9.65. The minimum atomic E-state index is 0. The maximum atomic E-state index is 8.91. The van der Waals surface area contributed by atoms with E-state index in [9.17, 15) is 0 Å². The highest BCUT2D eigenvalue weighted by atomic mass is 35.5. The average Bonchev–Trinajstić information content (AvgIpc) is 2.49. The lowest BCUT2D eigenvalue weighted by Gasteiger charge is -2.14. The lowest BCUT2D eigenvalue weighted by atomic mass is 10.1. The van der Waals surface area contributed by atoms with E-state index >= 15 is 0 Å². The van der Waals surface area contributed by atoms with Crippen LogP contribution in [0.5, 0.6) is 0 Å². The fourth-order valence-corrected chi connectivity index (χ4v) is 2.32. The molecule has 0 aliphatic carbocycles. The highest BCUT2D eigenvalue weighted by Crippen LogP contribution is 2.11. The van der Waals surface area contributed by atoms with Gasteiger partial charge in [0.1, 0.15) is 0 Å². The summed E-state index contributed by atoms with van der Waals surface area (Å²) in [6, 6.07) is 18.4. The zero-order valence-electron chi connectivity index (χ0n) is 13.5. The zero-order chi connectivity index (χ0) is 15.1. The monoisotopic (exact) mass is 351 g/mol. The number of benzene rings is 2. The molecule has 1 N–H and O–H groups in total. The van der Waals surface area contributed by atoms with Gasteiger partial charge in [-0.05, 0) is 42.9 Å². The topological polar surface area (TPSA) is 39.1 Å². The maximum Gasteiger partial charge on any atom is 0.0991 e. The third-order valence-electron chi connectivity index (χ3n) is 3.31. The summed E-state index contributed by atoms with van der Waals surface area (Å²) in [5.74, 6) is 0. The number of nitriles is 1. The van der Waals surface area contributed by atoms with Crippen molar-refractivity contribution in [3.63, 3.8) is 0 Å². The van der Waals surface area contributed by atoms with Gasteiger partial charge >= 0.3 is 0 Å². The van der Waals surface area contributed by atoms with E-state index in [0.717, 1.165) is 25.2 Å². The summed E-state index contributed by atoms with van der Waals surface area (Å²) in [7, 11) is 4.16. The van der Waals surface area contributed by atoms with Crippen LogP contribution in [0.2, 0.25) is 0 Å². The van der Waals surface area contributed by atoms with Gasteiger partial charge in [0.2, 0.25) is 0 Å². The van der Waals surface area contributed by atoms with Crippen LogP contribution in [-0.2, 0) is 19.6 Å². The first-order valence-corrected chi connectivity index (χ1v) is 7.10. The quantitative estimate of drug-likeness (QED) is 0.861. The van der Waals surface area contributed by atoms with Crippen molar-refractivity contribution in [2.24, 2.45) is 0 Å². The molecule has 0 spiro atoms. The minimum Gasteiger partial charge on any atom is -0.309 e. The number of nitrogens with one attached hydrogen (secondary N) is 1. The second-order valence-corrected chi connectivity index (χ2v) is 5.42. The first-order valence-electron chi connectivity index (χ1n) is 7.10. The van der Waals surface area contributed by atoms with Crippen LogP contribution in [0, 0.1) is 11.3 Å². The molecule has 0 saturated carbocycles. The number of halogens is 2. The van der Waals surface area contributed by atoms with Gasteiger partial charge < -0.3 is 10.2 Å². The average molecular weight is 352 g/mol. The van der Waals surface area contributed by atoms with E-state index in [-0.39, 0.29) is 24.8 Å². The summed E-state index contributed by atoms with van der Waals surface area (Å²) < 4.78 is 0. The van der Waals surface area contributed by atoms with Crippen molar-refractivity contribution in [1.82, 2.24) is 10.2 Å². The van der Waals surface area contributed by atoms with Crippen molar-refractivity contribution in [3.05, 3.63) is 70.8 Å². The molecule has 2 aromatic rings. The molecule has 0 fully saturated rings. The Balaban J connectivity index is 0.00000242. The van der Waals surface area contributed by atoms with Gasteiger partial charge in [0, 0.05) is 19.6 Å². The van der Waals surface area contributed by atoms with E-state index in [4.69, 9.17) is 5.26 Å². The molecular weight excluding hydrogens is 329 g/mol. The molecule has 0 aliphatic heterocycles. The van der Waals surface area contributed by atoms with Crippen molar-refractivity contribution in [2.45, 2.75) is 19.6 Å². The Kier molecular flexibility index (Phi) is 10.3. The Hall–Kier alpha value is -1.57. The van der Waals surface area contributed by atoms with Gasteiger partial charge in [-0.2, -0.15) is 5.26 Å². The SMILES string of the molecule is CN(C)Cc1ccccc1CNCc1cccc(C#N)c1.Cl.Cl. The molecule has 23 heavy (non-hydrogen) atoms. The summed E-state index contributed by atoms with van der Waals surface area (Å²) in [4.78, 5) is 2.18. The third-order valence-corrected chi connectivity index (χ3v) is 3.31.